The van der Waals surface area contributed by atoms with Crippen LogP contribution in [-0.4, -0.2) is 27.8 Å². The maximum Gasteiger partial charge on any atom is 0.320 e. The monoisotopic (exact) mass is 414 g/mol. The molecular formula is C24H22N4O3. The van der Waals surface area contributed by atoms with Crippen molar-refractivity contribution in [1.82, 2.24) is 15.5 Å². The number of rotatable bonds is 8. The standard InChI is InChI=1S/C24H22N4O3/c1-16-20(18-8-3-2-4-9-18)11-6-12-21(16)23-27-28-24(31-23)26-19-10-5-7-17(13-19)14-25-15-22(29)30/h2-13,25H,14-15H2,1H3,(H,26,28)(H,29,30). The molecule has 0 bridgehead atoms. The number of nitrogens with zero attached hydrogens (tertiary/aromatic N) is 2. The van der Waals surface area contributed by atoms with Crippen molar-refractivity contribution >= 4 is 17.7 Å². The smallest absolute Gasteiger partial charge is 0.320 e. The zero-order valence-corrected chi connectivity index (χ0v) is 17.0. The Bertz CT molecular complexity index is 1190. The van der Waals surface area contributed by atoms with E-state index in [1.54, 1.807) is 0 Å². The lowest BCUT2D eigenvalue weighted by Gasteiger charge is -2.09. The summed E-state index contributed by atoms with van der Waals surface area (Å²) in [5.41, 5.74) is 5.92. The summed E-state index contributed by atoms with van der Waals surface area (Å²) in [4.78, 5) is 10.6. The Morgan fingerprint density at radius 1 is 0.968 bits per heavy atom. The Hall–Kier alpha value is -3.97. The lowest BCUT2D eigenvalue weighted by Crippen LogP contribution is -2.21. The minimum Gasteiger partial charge on any atom is -0.480 e. The molecule has 0 saturated heterocycles. The van der Waals surface area contributed by atoms with E-state index in [4.69, 9.17) is 9.52 Å². The molecule has 0 unspecified atom stereocenters. The number of anilines is 2. The van der Waals surface area contributed by atoms with E-state index in [9.17, 15) is 4.79 Å². The first kappa shape index (κ1) is 20.3. The third-order valence-corrected chi connectivity index (χ3v) is 4.86. The van der Waals surface area contributed by atoms with Crippen LogP contribution in [0.4, 0.5) is 11.7 Å². The third kappa shape index (κ3) is 4.96. The highest BCUT2D eigenvalue weighted by atomic mass is 16.4. The van der Waals surface area contributed by atoms with E-state index in [0.29, 0.717) is 12.4 Å². The number of hydrogen-bond donors (Lipinski definition) is 3. The fourth-order valence-electron chi connectivity index (χ4n) is 3.38. The van der Waals surface area contributed by atoms with Gasteiger partial charge in [0.25, 0.3) is 0 Å². The van der Waals surface area contributed by atoms with Crippen LogP contribution in [0.15, 0.2) is 77.2 Å². The number of benzene rings is 3. The van der Waals surface area contributed by atoms with Crippen LogP contribution in [0.2, 0.25) is 0 Å². The van der Waals surface area contributed by atoms with E-state index in [1.807, 2.05) is 61.5 Å². The highest BCUT2D eigenvalue weighted by molar-refractivity contribution is 5.75. The van der Waals surface area contributed by atoms with Gasteiger partial charge in [0.05, 0.1) is 6.54 Å². The van der Waals surface area contributed by atoms with Gasteiger partial charge >= 0.3 is 12.0 Å². The van der Waals surface area contributed by atoms with Crippen LogP contribution in [0.1, 0.15) is 11.1 Å². The normalized spacial score (nSPS) is 10.7. The van der Waals surface area contributed by atoms with E-state index in [-0.39, 0.29) is 12.6 Å². The fourth-order valence-corrected chi connectivity index (χ4v) is 3.38. The molecule has 0 aliphatic heterocycles. The summed E-state index contributed by atoms with van der Waals surface area (Å²) in [5, 5.41) is 23.1. The van der Waals surface area contributed by atoms with Gasteiger partial charge in [0.2, 0.25) is 5.89 Å². The van der Waals surface area contributed by atoms with E-state index in [1.165, 1.54) is 0 Å². The highest BCUT2D eigenvalue weighted by Gasteiger charge is 2.14. The van der Waals surface area contributed by atoms with E-state index in [0.717, 1.165) is 33.5 Å². The van der Waals surface area contributed by atoms with Crippen molar-refractivity contribution in [2.75, 3.05) is 11.9 Å². The molecule has 0 amide bonds. The maximum atomic E-state index is 10.6. The molecular weight excluding hydrogens is 392 g/mol. The molecule has 1 aromatic heterocycles. The molecule has 0 aliphatic rings. The fraction of sp³-hybridized carbons (Fsp3) is 0.125. The zero-order valence-electron chi connectivity index (χ0n) is 17.0. The molecule has 0 saturated carbocycles. The van der Waals surface area contributed by atoms with Crippen molar-refractivity contribution in [3.8, 4) is 22.6 Å². The predicted molar refractivity (Wildman–Crippen MR) is 119 cm³/mol. The quantitative estimate of drug-likeness (QED) is 0.386. The predicted octanol–water partition coefficient (Wildman–Crippen LogP) is 4.63. The summed E-state index contributed by atoms with van der Waals surface area (Å²) in [7, 11) is 0. The molecule has 4 rings (SSSR count). The van der Waals surface area contributed by atoms with Gasteiger partial charge in [0, 0.05) is 17.8 Å². The van der Waals surface area contributed by atoms with Gasteiger partial charge in [0.15, 0.2) is 0 Å². The number of carboxylic acids is 1. The van der Waals surface area contributed by atoms with Gasteiger partial charge in [-0.25, -0.2) is 0 Å². The van der Waals surface area contributed by atoms with Gasteiger partial charge < -0.3 is 20.2 Å². The summed E-state index contributed by atoms with van der Waals surface area (Å²) in [6, 6.07) is 24.1. The van der Waals surface area contributed by atoms with Crippen molar-refractivity contribution in [2.24, 2.45) is 0 Å². The second kappa shape index (κ2) is 9.23. The van der Waals surface area contributed by atoms with Crippen molar-refractivity contribution in [3.05, 3.63) is 83.9 Å². The van der Waals surface area contributed by atoms with Crippen molar-refractivity contribution < 1.29 is 14.3 Å². The molecule has 7 nitrogen and oxygen atoms in total. The van der Waals surface area contributed by atoms with Gasteiger partial charge in [-0.05, 0) is 47.4 Å². The Morgan fingerprint density at radius 3 is 2.55 bits per heavy atom. The Balaban J connectivity index is 1.51. The summed E-state index contributed by atoms with van der Waals surface area (Å²) in [6.07, 6.45) is 0. The molecule has 1 heterocycles. The topological polar surface area (TPSA) is 100 Å². The van der Waals surface area contributed by atoms with Crippen LogP contribution < -0.4 is 10.6 Å². The number of aliphatic carboxylic acids is 1. The molecule has 0 aliphatic carbocycles. The number of nitrogens with one attached hydrogen (secondary N) is 2. The number of carboxylic acid groups (broad SMARTS) is 1. The Kier molecular flexibility index (Phi) is 6.05. The second-order valence-electron chi connectivity index (χ2n) is 7.08. The molecule has 3 N–H and O–H groups in total. The van der Waals surface area contributed by atoms with Crippen molar-refractivity contribution in [1.29, 1.82) is 0 Å². The summed E-state index contributed by atoms with van der Waals surface area (Å²) >= 11 is 0. The zero-order chi connectivity index (χ0) is 21.6. The lowest BCUT2D eigenvalue weighted by molar-refractivity contribution is -0.135. The minimum absolute atomic E-state index is 0.0912. The highest BCUT2D eigenvalue weighted by Crippen LogP contribution is 2.32. The molecule has 4 aromatic rings. The number of carbonyl (C=O) groups is 1. The van der Waals surface area contributed by atoms with Crippen LogP contribution >= 0.6 is 0 Å². The minimum atomic E-state index is -0.890. The number of hydrogen-bond acceptors (Lipinski definition) is 6. The Morgan fingerprint density at radius 2 is 1.74 bits per heavy atom. The SMILES string of the molecule is Cc1c(-c2ccccc2)cccc1-c1nnc(Nc2cccc(CNCC(=O)O)c2)o1. The third-order valence-electron chi connectivity index (χ3n) is 4.86. The molecule has 0 fully saturated rings. The first-order chi connectivity index (χ1) is 15.1. The van der Waals surface area contributed by atoms with Crippen molar-refractivity contribution in [2.45, 2.75) is 13.5 Å². The first-order valence-electron chi connectivity index (χ1n) is 9.87. The molecule has 7 heteroatoms. The average molecular weight is 414 g/mol. The molecule has 156 valence electrons. The Labute approximate surface area is 179 Å². The van der Waals surface area contributed by atoms with Gasteiger partial charge in [-0.3, -0.25) is 4.79 Å². The second-order valence-corrected chi connectivity index (χ2v) is 7.08. The van der Waals surface area contributed by atoms with Gasteiger partial charge in [-0.2, -0.15) is 0 Å². The first-order valence-corrected chi connectivity index (χ1v) is 9.87. The van der Waals surface area contributed by atoms with Crippen LogP contribution in [0, 0.1) is 6.92 Å². The molecule has 3 aromatic carbocycles. The van der Waals surface area contributed by atoms with Gasteiger partial charge in [-0.15, -0.1) is 5.10 Å². The van der Waals surface area contributed by atoms with Crippen molar-refractivity contribution in [3.63, 3.8) is 0 Å². The van der Waals surface area contributed by atoms with E-state index in [2.05, 4.69) is 39.0 Å². The lowest BCUT2D eigenvalue weighted by atomic mass is 9.96. The average Bonchev–Trinajstić information content (AvgIpc) is 3.23. The molecule has 0 atom stereocenters. The molecule has 0 spiro atoms. The largest absolute Gasteiger partial charge is 0.480 e. The molecule has 31 heavy (non-hydrogen) atoms. The molecule has 0 radical (unpaired) electrons. The van der Waals surface area contributed by atoms with E-state index >= 15 is 0 Å². The van der Waals surface area contributed by atoms with Crippen LogP contribution in [0.5, 0.6) is 0 Å². The van der Waals surface area contributed by atoms with Crippen LogP contribution in [-0.2, 0) is 11.3 Å². The maximum absolute atomic E-state index is 10.6. The summed E-state index contributed by atoms with van der Waals surface area (Å²) in [6.45, 7) is 2.40. The van der Waals surface area contributed by atoms with Gasteiger partial charge in [-0.1, -0.05) is 59.7 Å². The van der Waals surface area contributed by atoms with Gasteiger partial charge in [0.1, 0.15) is 0 Å². The van der Waals surface area contributed by atoms with Crippen LogP contribution in [0.3, 0.4) is 0 Å². The number of aromatic nitrogens is 2. The summed E-state index contributed by atoms with van der Waals surface area (Å²) in [5.74, 6) is -0.448. The summed E-state index contributed by atoms with van der Waals surface area (Å²) < 4.78 is 5.87. The van der Waals surface area contributed by atoms with E-state index < -0.39 is 5.97 Å². The van der Waals surface area contributed by atoms with Crippen LogP contribution in [0.25, 0.3) is 22.6 Å².